The van der Waals surface area contributed by atoms with Crippen LogP contribution in [-0.4, -0.2) is 15.8 Å². The quantitative estimate of drug-likeness (QED) is 0.693. The second-order valence-electron chi connectivity index (χ2n) is 4.88. The topological polar surface area (TPSA) is 85.1 Å². The van der Waals surface area contributed by atoms with Gasteiger partial charge in [0.25, 0.3) is 11.6 Å². The fourth-order valence-corrected chi connectivity index (χ4v) is 2.05. The number of nitro groups is 1. The largest absolute Gasteiger partial charge is 0.320 e. The maximum atomic E-state index is 12.2. The standard InChI is InChI=1S/C15H15N3O3/c1-9-6-11(3)16-14(7-9)15(19)17-13-5-4-12(18(20)21)8-10(13)2/h4-8H,1-3H3,(H,17,19). The predicted molar refractivity (Wildman–Crippen MR) is 79.5 cm³/mol. The highest BCUT2D eigenvalue weighted by Crippen LogP contribution is 2.21. The highest BCUT2D eigenvalue weighted by molar-refractivity contribution is 6.03. The summed E-state index contributed by atoms with van der Waals surface area (Å²) in [6.45, 7) is 5.42. The SMILES string of the molecule is Cc1cc(C)nc(C(=O)Nc2ccc([N+](=O)[O-])cc2C)c1. The van der Waals surface area contributed by atoms with Gasteiger partial charge in [0.2, 0.25) is 0 Å². The third-order valence-corrected chi connectivity index (χ3v) is 3.00. The molecule has 0 bridgehead atoms. The average molecular weight is 285 g/mol. The number of hydrogen-bond acceptors (Lipinski definition) is 4. The second kappa shape index (κ2) is 5.70. The van der Waals surface area contributed by atoms with Crippen LogP contribution >= 0.6 is 0 Å². The van der Waals surface area contributed by atoms with Gasteiger partial charge in [0.15, 0.2) is 0 Å². The Hall–Kier alpha value is -2.76. The average Bonchev–Trinajstić information content (AvgIpc) is 2.39. The van der Waals surface area contributed by atoms with E-state index in [4.69, 9.17) is 0 Å². The number of benzene rings is 1. The highest BCUT2D eigenvalue weighted by atomic mass is 16.6. The van der Waals surface area contributed by atoms with E-state index in [0.717, 1.165) is 11.3 Å². The summed E-state index contributed by atoms with van der Waals surface area (Å²) in [7, 11) is 0. The molecule has 0 aliphatic heterocycles. The van der Waals surface area contributed by atoms with Crippen molar-refractivity contribution in [2.24, 2.45) is 0 Å². The van der Waals surface area contributed by atoms with Crippen LogP contribution in [0, 0.1) is 30.9 Å². The molecule has 0 saturated heterocycles. The van der Waals surface area contributed by atoms with Gasteiger partial charge >= 0.3 is 0 Å². The van der Waals surface area contributed by atoms with E-state index in [9.17, 15) is 14.9 Å². The van der Waals surface area contributed by atoms with E-state index >= 15 is 0 Å². The normalized spacial score (nSPS) is 10.2. The monoisotopic (exact) mass is 285 g/mol. The molecule has 6 heteroatoms. The van der Waals surface area contributed by atoms with Crippen LogP contribution in [0.15, 0.2) is 30.3 Å². The molecule has 0 saturated carbocycles. The zero-order chi connectivity index (χ0) is 15.6. The van der Waals surface area contributed by atoms with E-state index in [1.165, 1.54) is 18.2 Å². The highest BCUT2D eigenvalue weighted by Gasteiger charge is 2.13. The molecular weight excluding hydrogens is 270 g/mol. The van der Waals surface area contributed by atoms with Gasteiger partial charge in [0.1, 0.15) is 5.69 Å². The molecule has 0 spiro atoms. The lowest BCUT2D eigenvalue weighted by atomic mass is 10.1. The number of carbonyl (C=O) groups excluding carboxylic acids is 1. The summed E-state index contributed by atoms with van der Waals surface area (Å²) in [5, 5.41) is 13.4. The number of amides is 1. The zero-order valence-electron chi connectivity index (χ0n) is 12.0. The Labute approximate surface area is 122 Å². The minimum atomic E-state index is -0.468. The number of rotatable bonds is 3. The second-order valence-corrected chi connectivity index (χ2v) is 4.88. The Bertz CT molecular complexity index is 706. The molecule has 0 aliphatic rings. The number of nitrogens with one attached hydrogen (secondary N) is 1. The van der Waals surface area contributed by atoms with Gasteiger partial charge in [-0.05, 0) is 50.1 Å². The minimum absolute atomic E-state index is 0.00461. The molecule has 0 radical (unpaired) electrons. The first-order valence-corrected chi connectivity index (χ1v) is 6.38. The molecule has 0 aliphatic carbocycles. The number of nitro benzene ring substituents is 1. The summed E-state index contributed by atoms with van der Waals surface area (Å²) in [4.78, 5) is 26.6. The zero-order valence-corrected chi connectivity index (χ0v) is 12.0. The molecule has 1 heterocycles. The van der Waals surface area contributed by atoms with Crippen LogP contribution in [0.1, 0.15) is 27.3 Å². The van der Waals surface area contributed by atoms with E-state index in [1.54, 1.807) is 13.0 Å². The van der Waals surface area contributed by atoms with E-state index in [0.29, 0.717) is 16.9 Å². The Balaban J connectivity index is 2.25. The van der Waals surface area contributed by atoms with Crippen molar-refractivity contribution in [3.05, 3.63) is 63.0 Å². The Kier molecular flexibility index (Phi) is 3.98. The molecule has 1 aromatic heterocycles. The van der Waals surface area contributed by atoms with Crippen LogP contribution < -0.4 is 5.32 Å². The van der Waals surface area contributed by atoms with Crippen molar-refractivity contribution in [3.63, 3.8) is 0 Å². The maximum Gasteiger partial charge on any atom is 0.274 e. The summed E-state index contributed by atoms with van der Waals surface area (Å²) in [6.07, 6.45) is 0. The molecule has 1 amide bonds. The van der Waals surface area contributed by atoms with Gasteiger partial charge in [-0.2, -0.15) is 0 Å². The van der Waals surface area contributed by atoms with Gasteiger partial charge < -0.3 is 5.32 Å². The third-order valence-electron chi connectivity index (χ3n) is 3.00. The number of non-ortho nitro benzene ring substituents is 1. The fraction of sp³-hybridized carbons (Fsp3) is 0.200. The first-order chi connectivity index (χ1) is 9.86. The third kappa shape index (κ3) is 3.42. The van der Waals surface area contributed by atoms with Gasteiger partial charge in [0.05, 0.1) is 4.92 Å². The Morgan fingerprint density at radius 2 is 1.90 bits per heavy atom. The lowest BCUT2D eigenvalue weighted by molar-refractivity contribution is -0.384. The number of aromatic nitrogens is 1. The van der Waals surface area contributed by atoms with Gasteiger partial charge in [-0.3, -0.25) is 14.9 Å². The number of nitrogens with zero attached hydrogens (tertiary/aromatic N) is 2. The van der Waals surface area contributed by atoms with Crippen molar-refractivity contribution < 1.29 is 9.72 Å². The summed E-state index contributed by atoms with van der Waals surface area (Å²) in [5.41, 5.74) is 3.20. The first kappa shape index (κ1) is 14.6. The summed E-state index contributed by atoms with van der Waals surface area (Å²) in [5.74, 6) is -0.334. The molecule has 0 fully saturated rings. The predicted octanol–water partition coefficient (Wildman–Crippen LogP) is 3.17. The number of anilines is 1. The van der Waals surface area contributed by atoms with Crippen LogP contribution in [0.3, 0.4) is 0 Å². The molecule has 6 nitrogen and oxygen atoms in total. The van der Waals surface area contributed by atoms with Crippen molar-refractivity contribution >= 4 is 17.3 Å². The van der Waals surface area contributed by atoms with E-state index in [1.807, 2.05) is 19.9 Å². The number of pyridine rings is 1. The van der Waals surface area contributed by atoms with Crippen LogP contribution in [0.2, 0.25) is 0 Å². The Morgan fingerprint density at radius 3 is 2.48 bits per heavy atom. The first-order valence-electron chi connectivity index (χ1n) is 6.38. The van der Waals surface area contributed by atoms with E-state index in [2.05, 4.69) is 10.3 Å². The molecule has 2 aromatic rings. The van der Waals surface area contributed by atoms with Gasteiger partial charge in [-0.15, -0.1) is 0 Å². The fourth-order valence-electron chi connectivity index (χ4n) is 2.05. The number of hydrogen-bond donors (Lipinski definition) is 1. The van der Waals surface area contributed by atoms with Crippen molar-refractivity contribution in [3.8, 4) is 0 Å². The van der Waals surface area contributed by atoms with Crippen LogP contribution in [0.25, 0.3) is 0 Å². The van der Waals surface area contributed by atoms with Gasteiger partial charge in [-0.1, -0.05) is 0 Å². The van der Waals surface area contributed by atoms with E-state index in [-0.39, 0.29) is 11.6 Å². The maximum absolute atomic E-state index is 12.2. The minimum Gasteiger partial charge on any atom is -0.320 e. The molecule has 108 valence electrons. The summed E-state index contributed by atoms with van der Waals surface area (Å²) < 4.78 is 0. The van der Waals surface area contributed by atoms with Crippen molar-refractivity contribution in [2.75, 3.05) is 5.32 Å². The summed E-state index contributed by atoms with van der Waals surface area (Å²) in [6, 6.07) is 7.88. The molecule has 1 aromatic carbocycles. The molecule has 0 unspecified atom stereocenters. The van der Waals surface area contributed by atoms with Crippen LogP contribution in [0.5, 0.6) is 0 Å². The lowest BCUT2D eigenvalue weighted by Gasteiger charge is -2.08. The number of aryl methyl sites for hydroxylation is 3. The molecule has 0 atom stereocenters. The van der Waals surface area contributed by atoms with Crippen molar-refractivity contribution in [2.45, 2.75) is 20.8 Å². The molecular formula is C15H15N3O3. The summed E-state index contributed by atoms with van der Waals surface area (Å²) >= 11 is 0. The van der Waals surface area contributed by atoms with Crippen molar-refractivity contribution in [1.29, 1.82) is 0 Å². The van der Waals surface area contributed by atoms with Gasteiger partial charge in [0, 0.05) is 23.5 Å². The molecule has 2 rings (SSSR count). The lowest BCUT2D eigenvalue weighted by Crippen LogP contribution is -2.15. The number of carbonyl (C=O) groups is 1. The Morgan fingerprint density at radius 1 is 1.19 bits per heavy atom. The van der Waals surface area contributed by atoms with E-state index < -0.39 is 4.92 Å². The van der Waals surface area contributed by atoms with Gasteiger partial charge in [-0.25, -0.2) is 4.98 Å². The molecule has 21 heavy (non-hydrogen) atoms. The van der Waals surface area contributed by atoms with Crippen LogP contribution in [-0.2, 0) is 0 Å². The molecule has 1 N–H and O–H groups in total. The smallest absolute Gasteiger partial charge is 0.274 e. The van der Waals surface area contributed by atoms with Crippen molar-refractivity contribution in [1.82, 2.24) is 4.98 Å². The van der Waals surface area contributed by atoms with Crippen LogP contribution in [0.4, 0.5) is 11.4 Å².